The molecule has 0 heterocycles. The van der Waals surface area contributed by atoms with Crippen LogP contribution in [0.15, 0.2) is 35.9 Å². The van der Waals surface area contributed by atoms with E-state index in [4.69, 9.17) is 0 Å². The molecule has 8 heteroatoms. The summed E-state index contributed by atoms with van der Waals surface area (Å²) in [6, 6.07) is 3.33. The summed E-state index contributed by atoms with van der Waals surface area (Å²) < 4.78 is 0. The quantitative estimate of drug-likeness (QED) is 0.159. The standard InChI is InChI=1S/C25H35NO7/c1-16(2)19-10-9-17(24(29)30)13-20(19)23-21(27)14-18(15-22(23)28)25(3,4)11-7-5-6-8-12-33-26(31)32/h13-15,19-20,27-28H,1,5-12H2,2-4H3,(H,29,30)/t19-,20+/m1/s1. The van der Waals surface area contributed by atoms with Crippen molar-refractivity contribution in [3.63, 3.8) is 0 Å². The van der Waals surface area contributed by atoms with Gasteiger partial charge in [0.25, 0.3) is 5.09 Å². The van der Waals surface area contributed by atoms with Gasteiger partial charge in [-0.25, -0.2) is 4.79 Å². The molecule has 0 aliphatic heterocycles. The number of phenols is 2. The summed E-state index contributed by atoms with van der Waals surface area (Å²) in [5, 5.41) is 40.6. The molecule has 1 aromatic rings. The fourth-order valence-corrected chi connectivity index (χ4v) is 4.58. The van der Waals surface area contributed by atoms with Gasteiger partial charge in [-0.3, -0.25) is 0 Å². The third-order valence-corrected chi connectivity index (χ3v) is 6.59. The zero-order chi connectivity index (χ0) is 24.8. The molecule has 1 aliphatic rings. The van der Waals surface area contributed by atoms with E-state index in [2.05, 4.69) is 11.4 Å². The highest BCUT2D eigenvalue weighted by atomic mass is 16.9. The normalized spacial score (nSPS) is 18.5. The molecule has 0 amide bonds. The van der Waals surface area contributed by atoms with Crippen LogP contribution in [-0.4, -0.2) is 33.0 Å². The van der Waals surface area contributed by atoms with E-state index in [1.165, 1.54) is 0 Å². The maximum Gasteiger partial charge on any atom is 0.331 e. The Labute approximate surface area is 194 Å². The Morgan fingerprint density at radius 2 is 1.82 bits per heavy atom. The van der Waals surface area contributed by atoms with E-state index in [1.54, 1.807) is 18.2 Å². The molecule has 0 unspecified atom stereocenters. The monoisotopic (exact) mass is 461 g/mol. The van der Waals surface area contributed by atoms with Gasteiger partial charge in [0, 0.05) is 17.1 Å². The smallest absolute Gasteiger partial charge is 0.331 e. The fraction of sp³-hybridized carbons (Fsp3) is 0.560. The van der Waals surface area contributed by atoms with Crippen molar-refractivity contribution in [1.29, 1.82) is 0 Å². The second-order valence-electron chi connectivity index (χ2n) is 9.55. The van der Waals surface area contributed by atoms with Gasteiger partial charge in [-0.15, -0.1) is 10.1 Å². The highest BCUT2D eigenvalue weighted by Gasteiger charge is 2.33. The Hall–Kier alpha value is -3.03. The van der Waals surface area contributed by atoms with E-state index in [9.17, 15) is 30.2 Å². The second kappa shape index (κ2) is 11.2. The van der Waals surface area contributed by atoms with Crippen LogP contribution in [0.5, 0.6) is 11.5 Å². The van der Waals surface area contributed by atoms with Gasteiger partial charge in [-0.05, 0) is 61.6 Å². The lowest BCUT2D eigenvalue weighted by atomic mass is 9.72. The van der Waals surface area contributed by atoms with E-state index in [0.29, 0.717) is 24.8 Å². The highest BCUT2D eigenvalue weighted by molar-refractivity contribution is 5.87. The van der Waals surface area contributed by atoms with Gasteiger partial charge in [0.2, 0.25) is 0 Å². The van der Waals surface area contributed by atoms with Crippen molar-refractivity contribution in [2.75, 3.05) is 6.61 Å². The number of aliphatic carboxylic acids is 1. The Morgan fingerprint density at radius 3 is 2.36 bits per heavy atom. The Bertz CT molecular complexity index is 896. The molecule has 2 atom stereocenters. The molecule has 0 radical (unpaired) electrons. The maximum atomic E-state index is 11.5. The van der Waals surface area contributed by atoms with Crippen LogP contribution in [0.3, 0.4) is 0 Å². The molecule has 1 aromatic carbocycles. The fourth-order valence-electron chi connectivity index (χ4n) is 4.58. The molecule has 8 nitrogen and oxygen atoms in total. The van der Waals surface area contributed by atoms with E-state index in [-0.39, 0.29) is 35.0 Å². The summed E-state index contributed by atoms with van der Waals surface area (Å²) in [5.41, 5.74) is 1.99. The van der Waals surface area contributed by atoms with Crippen molar-refractivity contribution in [3.05, 3.63) is 57.2 Å². The van der Waals surface area contributed by atoms with Crippen molar-refractivity contribution in [3.8, 4) is 11.5 Å². The molecule has 1 aliphatic carbocycles. The van der Waals surface area contributed by atoms with Crippen LogP contribution in [0.4, 0.5) is 0 Å². The van der Waals surface area contributed by atoms with Crippen LogP contribution < -0.4 is 0 Å². The summed E-state index contributed by atoms with van der Waals surface area (Å²) in [5.74, 6) is -1.60. The number of unbranched alkanes of at least 4 members (excludes halogenated alkanes) is 3. The Balaban J connectivity index is 2.16. The molecule has 0 saturated heterocycles. The largest absolute Gasteiger partial charge is 0.507 e. The summed E-state index contributed by atoms with van der Waals surface area (Å²) in [6.07, 6.45) is 6.68. The summed E-state index contributed by atoms with van der Waals surface area (Å²) in [6.45, 7) is 10.1. The molecule has 0 aromatic heterocycles. The Morgan fingerprint density at radius 1 is 1.21 bits per heavy atom. The second-order valence-corrected chi connectivity index (χ2v) is 9.55. The molecular weight excluding hydrogens is 426 g/mol. The first-order chi connectivity index (χ1) is 15.4. The number of hydrogen-bond acceptors (Lipinski definition) is 6. The molecule has 0 spiro atoms. The number of benzene rings is 1. The number of carboxylic acids is 1. The molecule has 33 heavy (non-hydrogen) atoms. The van der Waals surface area contributed by atoms with Gasteiger partial charge >= 0.3 is 5.97 Å². The molecule has 0 fully saturated rings. The van der Waals surface area contributed by atoms with Gasteiger partial charge in [-0.1, -0.05) is 51.3 Å². The first-order valence-electron chi connectivity index (χ1n) is 11.4. The van der Waals surface area contributed by atoms with Crippen molar-refractivity contribution >= 4 is 5.97 Å². The number of aromatic hydroxyl groups is 2. The van der Waals surface area contributed by atoms with Gasteiger partial charge in [-0.2, -0.15) is 0 Å². The zero-order valence-electron chi connectivity index (χ0n) is 19.7. The molecule has 3 N–H and O–H groups in total. The van der Waals surface area contributed by atoms with Crippen LogP contribution >= 0.6 is 0 Å². The van der Waals surface area contributed by atoms with Gasteiger partial charge in [0.05, 0.1) is 6.61 Å². The third kappa shape index (κ3) is 6.97. The van der Waals surface area contributed by atoms with Crippen LogP contribution in [0.25, 0.3) is 0 Å². The topological polar surface area (TPSA) is 130 Å². The lowest BCUT2D eigenvalue weighted by Crippen LogP contribution is -2.21. The summed E-state index contributed by atoms with van der Waals surface area (Å²) in [4.78, 5) is 26.0. The number of rotatable bonds is 12. The predicted octanol–water partition coefficient (Wildman–Crippen LogP) is 5.61. The van der Waals surface area contributed by atoms with Crippen molar-refractivity contribution in [1.82, 2.24) is 0 Å². The first kappa shape index (κ1) is 26.2. The number of phenolic OH excluding ortho intramolecular Hbond substituents is 2. The van der Waals surface area contributed by atoms with E-state index in [0.717, 1.165) is 36.8 Å². The number of nitrogens with zero attached hydrogens (tertiary/aromatic N) is 1. The van der Waals surface area contributed by atoms with E-state index in [1.807, 2.05) is 20.8 Å². The molecular formula is C25H35NO7. The minimum atomic E-state index is -0.984. The summed E-state index contributed by atoms with van der Waals surface area (Å²) in [7, 11) is 0. The van der Waals surface area contributed by atoms with E-state index < -0.39 is 17.0 Å². The predicted molar refractivity (Wildman–Crippen MR) is 125 cm³/mol. The minimum absolute atomic E-state index is 0.0471. The number of hydrogen-bond donors (Lipinski definition) is 3. The number of allylic oxidation sites excluding steroid dienone is 2. The highest BCUT2D eigenvalue weighted by Crippen LogP contribution is 2.48. The maximum absolute atomic E-state index is 11.5. The van der Waals surface area contributed by atoms with Crippen LogP contribution in [0.2, 0.25) is 0 Å². The average Bonchev–Trinajstić information content (AvgIpc) is 2.71. The number of carboxylic acid groups (broad SMARTS) is 1. The molecule has 0 bridgehead atoms. The van der Waals surface area contributed by atoms with Crippen molar-refractivity contribution in [2.45, 2.75) is 77.0 Å². The van der Waals surface area contributed by atoms with Crippen molar-refractivity contribution < 1.29 is 30.0 Å². The minimum Gasteiger partial charge on any atom is -0.507 e. The zero-order valence-corrected chi connectivity index (χ0v) is 19.7. The van der Waals surface area contributed by atoms with E-state index >= 15 is 0 Å². The first-order valence-corrected chi connectivity index (χ1v) is 11.4. The third-order valence-electron chi connectivity index (χ3n) is 6.59. The lowest BCUT2D eigenvalue weighted by Gasteiger charge is -2.32. The van der Waals surface area contributed by atoms with Gasteiger partial charge in [0.1, 0.15) is 11.5 Å². The lowest BCUT2D eigenvalue weighted by molar-refractivity contribution is -0.757. The average molecular weight is 462 g/mol. The molecule has 2 rings (SSSR count). The summed E-state index contributed by atoms with van der Waals surface area (Å²) >= 11 is 0. The SMILES string of the molecule is C=C(C)[C@H]1CCC(C(=O)O)=C[C@@H]1c1c(O)cc(C(C)(C)CCCCCCO[N+](=O)[O-])cc1O. The van der Waals surface area contributed by atoms with Crippen molar-refractivity contribution in [2.24, 2.45) is 5.92 Å². The Kier molecular flexibility index (Phi) is 8.91. The van der Waals surface area contributed by atoms with Gasteiger partial charge < -0.3 is 20.2 Å². The van der Waals surface area contributed by atoms with Gasteiger partial charge in [0.15, 0.2) is 0 Å². The van der Waals surface area contributed by atoms with Crippen LogP contribution in [0.1, 0.15) is 82.8 Å². The molecule has 182 valence electrons. The number of carbonyl (C=O) groups is 1. The van der Waals surface area contributed by atoms with Crippen LogP contribution in [-0.2, 0) is 15.0 Å². The van der Waals surface area contributed by atoms with Crippen LogP contribution in [0, 0.1) is 16.0 Å². The molecule has 0 saturated carbocycles.